The van der Waals surface area contributed by atoms with E-state index in [-0.39, 0.29) is 24.8 Å². The number of allylic oxidation sites excluding steroid dienone is 4. The Hall–Kier alpha value is 0.330. The van der Waals surface area contributed by atoms with Crippen molar-refractivity contribution in [3.8, 4) is 0 Å². The summed E-state index contributed by atoms with van der Waals surface area (Å²) < 4.78 is 0.719. The van der Waals surface area contributed by atoms with Crippen LogP contribution in [-0.2, 0) is 22.9 Å². The number of hydrogen-bond acceptors (Lipinski definition) is 2. The Morgan fingerprint density at radius 1 is 0.667 bits per heavy atom. The molecule has 0 saturated carbocycles. The van der Waals surface area contributed by atoms with Gasteiger partial charge >= 0.3 is 129 Å². The molecular formula is C16H24Cl2HfN2. The third-order valence-corrected chi connectivity index (χ3v) is 10.3. The topological polar surface area (TPSA) is 6.48 Å². The molecule has 0 fully saturated rings. The molecule has 2 aliphatic carbocycles. The largest absolute Gasteiger partial charge is 1.00 e. The molecule has 0 aromatic carbocycles. The van der Waals surface area contributed by atoms with E-state index in [0.29, 0.717) is 6.34 Å². The van der Waals surface area contributed by atoms with E-state index < -0.39 is 22.9 Å². The molecule has 0 unspecified atom stereocenters. The van der Waals surface area contributed by atoms with Crippen molar-refractivity contribution in [2.24, 2.45) is 0 Å². The molecule has 0 radical (unpaired) electrons. The second-order valence-electron chi connectivity index (χ2n) is 6.12. The van der Waals surface area contributed by atoms with E-state index in [4.69, 9.17) is 0 Å². The van der Waals surface area contributed by atoms with Crippen LogP contribution in [0.15, 0.2) is 48.6 Å². The van der Waals surface area contributed by atoms with E-state index in [1.807, 2.05) is 0 Å². The van der Waals surface area contributed by atoms with Gasteiger partial charge in [0.25, 0.3) is 0 Å². The first-order valence-electron chi connectivity index (χ1n) is 6.78. The summed E-state index contributed by atoms with van der Waals surface area (Å²) in [7, 11) is 8.74. The van der Waals surface area contributed by atoms with Gasteiger partial charge in [0, 0.05) is 0 Å². The molecule has 0 N–H and O–H groups in total. The van der Waals surface area contributed by atoms with Crippen molar-refractivity contribution in [3.63, 3.8) is 0 Å². The molecule has 0 saturated heterocycles. The second kappa shape index (κ2) is 8.83. The predicted octanol–water partition coefficient (Wildman–Crippen LogP) is -3.23. The molecule has 0 heterocycles. The van der Waals surface area contributed by atoms with Gasteiger partial charge in [-0.25, -0.2) is 0 Å². The molecule has 21 heavy (non-hydrogen) atoms. The van der Waals surface area contributed by atoms with Gasteiger partial charge in [0.15, 0.2) is 0 Å². The van der Waals surface area contributed by atoms with Crippen molar-refractivity contribution >= 4 is 0 Å². The van der Waals surface area contributed by atoms with Gasteiger partial charge in [-0.3, -0.25) is 0 Å². The van der Waals surface area contributed by atoms with Crippen LogP contribution in [0.3, 0.4) is 0 Å². The van der Waals surface area contributed by atoms with Crippen molar-refractivity contribution < 1.29 is 47.7 Å². The van der Waals surface area contributed by atoms with Crippen LogP contribution in [0.5, 0.6) is 0 Å². The summed E-state index contributed by atoms with van der Waals surface area (Å²) in [5.41, 5.74) is 0. The summed E-state index contributed by atoms with van der Waals surface area (Å²) in [6, 6.07) is 0. The van der Waals surface area contributed by atoms with Crippen molar-refractivity contribution in [1.29, 1.82) is 0 Å². The third-order valence-electron chi connectivity index (χ3n) is 3.42. The van der Waals surface area contributed by atoms with E-state index in [9.17, 15) is 0 Å². The van der Waals surface area contributed by atoms with Gasteiger partial charge in [0.05, 0.1) is 0 Å². The van der Waals surface area contributed by atoms with Gasteiger partial charge in [0.1, 0.15) is 0 Å². The molecule has 0 aromatic rings. The Morgan fingerprint density at radius 2 is 0.952 bits per heavy atom. The van der Waals surface area contributed by atoms with Crippen molar-refractivity contribution in [2.45, 2.75) is 6.34 Å². The van der Waals surface area contributed by atoms with Crippen LogP contribution < -0.4 is 24.8 Å². The molecule has 116 valence electrons. The Morgan fingerprint density at radius 3 is 1.19 bits per heavy atom. The van der Waals surface area contributed by atoms with Gasteiger partial charge in [-0.1, -0.05) is 0 Å². The third kappa shape index (κ3) is 5.80. The average molecular weight is 494 g/mol. The molecule has 0 bridgehead atoms. The van der Waals surface area contributed by atoms with Gasteiger partial charge in [-0.05, 0) is 0 Å². The summed E-state index contributed by atoms with van der Waals surface area (Å²) >= 11 is -0.966. The maximum atomic E-state index is 2.45. The maximum Gasteiger partial charge on any atom is -1.00 e. The van der Waals surface area contributed by atoms with Gasteiger partial charge in [-0.15, -0.1) is 0 Å². The van der Waals surface area contributed by atoms with E-state index in [1.54, 1.807) is 0 Å². The second-order valence-corrected chi connectivity index (χ2v) is 13.7. The van der Waals surface area contributed by atoms with Crippen LogP contribution in [0.2, 0.25) is 6.34 Å². The normalized spacial score (nSPS) is 19.7. The van der Waals surface area contributed by atoms with Crippen molar-refractivity contribution in [2.75, 3.05) is 41.3 Å². The van der Waals surface area contributed by atoms with E-state index in [2.05, 4.69) is 86.6 Å². The summed E-state index contributed by atoms with van der Waals surface area (Å²) in [4.78, 5) is 4.66. The molecule has 0 amide bonds. The number of hydrogen-bond donors (Lipinski definition) is 0. The summed E-state index contributed by atoms with van der Waals surface area (Å²) in [6.07, 6.45) is 18.8. The monoisotopic (exact) mass is 494 g/mol. The first-order valence-corrected chi connectivity index (χ1v) is 10.4. The van der Waals surface area contributed by atoms with Crippen LogP contribution >= 0.6 is 0 Å². The fraction of sp³-hybridized carbons (Fsp3) is 0.500. The smallest absolute Gasteiger partial charge is 1.00 e. The van der Waals surface area contributed by atoms with Crippen molar-refractivity contribution in [3.05, 3.63) is 48.6 Å². The fourth-order valence-corrected chi connectivity index (χ4v) is 11.5. The summed E-state index contributed by atoms with van der Waals surface area (Å²) in [5, 5.41) is 0. The zero-order valence-corrected chi connectivity index (χ0v) is 18.3. The van der Waals surface area contributed by atoms with Gasteiger partial charge in [0.2, 0.25) is 0 Å². The molecule has 2 rings (SSSR count). The van der Waals surface area contributed by atoms with Crippen LogP contribution in [0.4, 0.5) is 0 Å². The molecule has 0 aromatic heterocycles. The minimum Gasteiger partial charge on any atom is -1.00 e. The SMILES string of the molecule is CN(C)C[C]1([Hf+2][C]2(CN(C)C)C=CC=C2)C=CC=C1.[Cl-].[Cl-]. The van der Waals surface area contributed by atoms with E-state index in [1.165, 1.54) is 0 Å². The van der Waals surface area contributed by atoms with Crippen LogP contribution in [-0.4, -0.2) is 51.1 Å². The molecule has 5 heteroatoms. The Balaban J connectivity index is 0.00000200. The molecule has 0 aliphatic heterocycles. The van der Waals surface area contributed by atoms with Gasteiger partial charge in [-0.2, -0.15) is 0 Å². The number of halogens is 2. The quantitative estimate of drug-likeness (QED) is 0.359. The minimum atomic E-state index is -0.966. The van der Waals surface area contributed by atoms with E-state index >= 15 is 0 Å². The van der Waals surface area contributed by atoms with Gasteiger partial charge < -0.3 is 24.8 Å². The molecule has 0 spiro atoms. The van der Waals surface area contributed by atoms with Crippen LogP contribution in [0.25, 0.3) is 0 Å². The predicted molar refractivity (Wildman–Crippen MR) is 79.1 cm³/mol. The first kappa shape index (κ1) is 21.3. The fourth-order valence-electron chi connectivity index (χ4n) is 2.96. The van der Waals surface area contributed by atoms with E-state index in [0.717, 1.165) is 13.1 Å². The number of rotatable bonds is 6. The molecule has 0 atom stereocenters. The average Bonchev–Trinajstić information content (AvgIpc) is 2.87. The summed E-state index contributed by atoms with van der Waals surface area (Å²) in [6.45, 7) is 2.31. The zero-order chi connectivity index (χ0) is 13.9. The Labute approximate surface area is 153 Å². The first-order chi connectivity index (χ1) is 8.95. The molecule has 2 aliphatic rings. The minimum absolute atomic E-state index is 0. The Kier molecular flexibility index (Phi) is 8.97. The summed E-state index contributed by atoms with van der Waals surface area (Å²) in [5.74, 6) is 0. The standard InChI is InChI=1S/2C8H12N.2ClH.Hf/c2*1-9(2)7-8-5-3-4-6-8;;;/h2*3-6H,7H2,1-2H3;2*1H;/q;;;;+2/p-2. The van der Waals surface area contributed by atoms with Crippen LogP contribution in [0, 0.1) is 0 Å². The Bertz CT molecular complexity index is 376. The number of nitrogens with zero attached hydrogens (tertiary/aromatic N) is 2. The molecular weight excluding hydrogens is 470 g/mol. The molecule has 2 nitrogen and oxygen atoms in total. The van der Waals surface area contributed by atoms with Crippen LogP contribution in [0.1, 0.15) is 0 Å². The zero-order valence-electron chi connectivity index (χ0n) is 13.2. The maximum absolute atomic E-state index is 2.45. The van der Waals surface area contributed by atoms with Crippen molar-refractivity contribution in [1.82, 2.24) is 9.80 Å².